The van der Waals surface area contributed by atoms with E-state index in [-0.39, 0.29) is 6.03 Å². The highest BCUT2D eigenvalue weighted by atomic mass is 16.2. The van der Waals surface area contributed by atoms with Crippen molar-refractivity contribution < 1.29 is 9.59 Å². The molecule has 0 saturated carbocycles. The molecule has 0 aromatic rings. The number of hydrogen-bond acceptors (Lipinski definition) is 3. The third kappa shape index (κ3) is 4.50. The van der Waals surface area contributed by atoms with E-state index in [1.54, 1.807) is 4.90 Å². The SMILES string of the molecule is NC(=O)NCCNCCN1CCNC1=O. The van der Waals surface area contributed by atoms with Crippen LogP contribution in [0.4, 0.5) is 9.59 Å². The smallest absolute Gasteiger partial charge is 0.317 e. The van der Waals surface area contributed by atoms with Crippen molar-refractivity contribution in [2.45, 2.75) is 0 Å². The molecule has 1 heterocycles. The average molecular weight is 215 g/mol. The Labute approximate surface area is 88.4 Å². The maximum absolute atomic E-state index is 11.1. The molecule has 0 unspecified atom stereocenters. The van der Waals surface area contributed by atoms with E-state index in [0.29, 0.717) is 26.2 Å². The van der Waals surface area contributed by atoms with Gasteiger partial charge < -0.3 is 26.6 Å². The van der Waals surface area contributed by atoms with E-state index in [0.717, 1.165) is 13.1 Å². The van der Waals surface area contributed by atoms with Gasteiger partial charge in [-0.25, -0.2) is 9.59 Å². The summed E-state index contributed by atoms with van der Waals surface area (Å²) in [6.45, 7) is 4.04. The summed E-state index contributed by atoms with van der Waals surface area (Å²) in [5, 5.41) is 8.28. The second-order valence-corrected chi connectivity index (χ2v) is 3.26. The second kappa shape index (κ2) is 6.07. The molecule has 0 bridgehead atoms. The lowest BCUT2D eigenvalue weighted by Gasteiger charge is -2.14. The lowest BCUT2D eigenvalue weighted by atomic mass is 10.5. The molecule has 1 aliphatic heterocycles. The van der Waals surface area contributed by atoms with Gasteiger partial charge in [-0.05, 0) is 0 Å². The highest BCUT2D eigenvalue weighted by Crippen LogP contribution is 1.93. The lowest BCUT2D eigenvalue weighted by molar-refractivity contribution is 0.217. The summed E-state index contributed by atoms with van der Waals surface area (Å²) < 4.78 is 0. The van der Waals surface area contributed by atoms with Gasteiger partial charge in [-0.2, -0.15) is 0 Å². The number of hydrogen-bond donors (Lipinski definition) is 4. The molecule has 7 heteroatoms. The van der Waals surface area contributed by atoms with Crippen molar-refractivity contribution >= 4 is 12.1 Å². The van der Waals surface area contributed by atoms with Crippen LogP contribution in [0.2, 0.25) is 0 Å². The van der Waals surface area contributed by atoms with E-state index >= 15 is 0 Å². The Balaban J connectivity index is 1.92. The van der Waals surface area contributed by atoms with Crippen LogP contribution in [-0.4, -0.2) is 56.2 Å². The predicted molar refractivity (Wildman–Crippen MR) is 55.4 cm³/mol. The molecule has 7 nitrogen and oxygen atoms in total. The van der Waals surface area contributed by atoms with Gasteiger partial charge in [0, 0.05) is 39.3 Å². The van der Waals surface area contributed by atoms with Crippen molar-refractivity contribution in [3.63, 3.8) is 0 Å². The number of amides is 4. The number of primary amides is 1. The van der Waals surface area contributed by atoms with Gasteiger partial charge in [-0.3, -0.25) is 0 Å². The maximum Gasteiger partial charge on any atom is 0.317 e. The summed E-state index contributed by atoms with van der Waals surface area (Å²) in [5.74, 6) is 0. The van der Waals surface area contributed by atoms with Crippen LogP contribution in [-0.2, 0) is 0 Å². The van der Waals surface area contributed by atoms with Crippen LogP contribution in [0.1, 0.15) is 0 Å². The zero-order valence-electron chi connectivity index (χ0n) is 8.58. The molecule has 0 spiro atoms. The van der Waals surface area contributed by atoms with Crippen molar-refractivity contribution in [3.05, 3.63) is 0 Å². The molecular formula is C8H17N5O2. The Morgan fingerprint density at radius 3 is 2.87 bits per heavy atom. The van der Waals surface area contributed by atoms with E-state index in [2.05, 4.69) is 16.0 Å². The van der Waals surface area contributed by atoms with Gasteiger partial charge >= 0.3 is 12.1 Å². The van der Waals surface area contributed by atoms with Crippen molar-refractivity contribution in [1.29, 1.82) is 0 Å². The van der Waals surface area contributed by atoms with Gasteiger partial charge in [-0.1, -0.05) is 0 Å². The molecule has 15 heavy (non-hydrogen) atoms. The van der Waals surface area contributed by atoms with Crippen LogP contribution in [0.15, 0.2) is 0 Å². The molecule has 0 radical (unpaired) electrons. The standard InChI is InChI=1S/C8H17N5O2/c9-7(14)11-2-1-10-3-5-13-6-4-12-8(13)15/h10H,1-6H2,(H,12,15)(H3,9,11,14). The molecular weight excluding hydrogens is 198 g/mol. The van der Waals surface area contributed by atoms with Crippen LogP contribution >= 0.6 is 0 Å². The first-order valence-electron chi connectivity index (χ1n) is 4.97. The number of carbonyl (C=O) groups excluding carboxylic acids is 2. The number of carbonyl (C=O) groups is 2. The summed E-state index contributed by atoms with van der Waals surface area (Å²) in [6, 6.07) is -0.525. The predicted octanol–water partition coefficient (Wildman–Crippen LogP) is -1.73. The minimum atomic E-state index is -0.518. The van der Waals surface area contributed by atoms with Gasteiger partial charge in [-0.15, -0.1) is 0 Å². The quantitative estimate of drug-likeness (QED) is 0.396. The topological polar surface area (TPSA) is 99.5 Å². The normalized spacial score (nSPS) is 15.2. The zero-order valence-corrected chi connectivity index (χ0v) is 8.58. The molecule has 1 rings (SSSR count). The van der Waals surface area contributed by atoms with Gasteiger partial charge in [0.15, 0.2) is 0 Å². The summed E-state index contributed by atoms with van der Waals surface area (Å²) in [4.78, 5) is 23.1. The van der Waals surface area contributed by atoms with E-state index in [4.69, 9.17) is 5.73 Å². The largest absolute Gasteiger partial charge is 0.352 e. The summed E-state index contributed by atoms with van der Waals surface area (Å²) in [5.41, 5.74) is 4.89. The Morgan fingerprint density at radius 2 is 2.27 bits per heavy atom. The van der Waals surface area contributed by atoms with Gasteiger partial charge in [0.25, 0.3) is 0 Å². The second-order valence-electron chi connectivity index (χ2n) is 3.26. The van der Waals surface area contributed by atoms with Gasteiger partial charge in [0.05, 0.1) is 0 Å². The highest BCUT2D eigenvalue weighted by Gasteiger charge is 2.17. The monoisotopic (exact) mass is 215 g/mol. The number of rotatable bonds is 6. The minimum absolute atomic E-state index is 0.00735. The molecule has 1 fully saturated rings. The Bertz CT molecular complexity index is 233. The fraction of sp³-hybridized carbons (Fsp3) is 0.750. The number of nitrogens with two attached hydrogens (primary N) is 1. The van der Waals surface area contributed by atoms with E-state index < -0.39 is 6.03 Å². The van der Waals surface area contributed by atoms with Gasteiger partial charge in [0.2, 0.25) is 0 Å². The minimum Gasteiger partial charge on any atom is -0.352 e. The first-order chi connectivity index (χ1) is 7.20. The van der Waals surface area contributed by atoms with Crippen LogP contribution in [0.25, 0.3) is 0 Å². The van der Waals surface area contributed by atoms with E-state index in [1.807, 2.05) is 0 Å². The van der Waals surface area contributed by atoms with Crippen molar-refractivity contribution in [3.8, 4) is 0 Å². The van der Waals surface area contributed by atoms with Crippen molar-refractivity contribution in [2.75, 3.05) is 39.3 Å². The van der Waals surface area contributed by atoms with Gasteiger partial charge in [0.1, 0.15) is 0 Å². The molecule has 1 saturated heterocycles. The van der Waals surface area contributed by atoms with Crippen molar-refractivity contribution in [2.24, 2.45) is 5.73 Å². The highest BCUT2D eigenvalue weighted by molar-refractivity contribution is 5.76. The fourth-order valence-electron chi connectivity index (χ4n) is 1.34. The average Bonchev–Trinajstić information content (AvgIpc) is 2.57. The number of nitrogens with zero attached hydrogens (tertiary/aromatic N) is 1. The van der Waals surface area contributed by atoms with E-state index in [1.165, 1.54) is 0 Å². The van der Waals surface area contributed by atoms with Crippen LogP contribution in [0, 0.1) is 0 Å². The fourth-order valence-corrected chi connectivity index (χ4v) is 1.34. The molecule has 86 valence electrons. The first kappa shape index (κ1) is 11.6. The molecule has 0 atom stereocenters. The Hall–Kier alpha value is -1.50. The molecule has 0 aromatic carbocycles. The summed E-state index contributed by atoms with van der Waals surface area (Å²) >= 11 is 0. The van der Waals surface area contributed by atoms with Crippen molar-refractivity contribution in [1.82, 2.24) is 20.9 Å². The van der Waals surface area contributed by atoms with Crippen LogP contribution < -0.4 is 21.7 Å². The number of urea groups is 2. The molecule has 0 aliphatic carbocycles. The first-order valence-corrected chi connectivity index (χ1v) is 4.97. The molecule has 5 N–H and O–H groups in total. The van der Waals surface area contributed by atoms with E-state index in [9.17, 15) is 9.59 Å². The van der Waals surface area contributed by atoms with Crippen LogP contribution in [0.5, 0.6) is 0 Å². The summed E-state index contributed by atoms with van der Waals surface area (Å²) in [7, 11) is 0. The Morgan fingerprint density at radius 1 is 1.47 bits per heavy atom. The zero-order chi connectivity index (χ0) is 11.1. The third-order valence-corrected chi connectivity index (χ3v) is 2.10. The molecule has 4 amide bonds. The molecule has 1 aliphatic rings. The maximum atomic E-state index is 11.1. The Kier molecular flexibility index (Phi) is 4.69. The van der Waals surface area contributed by atoms with Crippen LogP contribution in [0.3, 0.4) is 0 Å². The number of nitrogens with one attached hydrogen (secondary N) is 3. The lowest BCUT2D eigenvalue weighted by Crippen LogP contribution is -2.39. The summed E-state index contributed by atoms with van der Waals surface area (Å²) in [6.07, 6.45) is 0. The third-order valence-electron chi connectivity index (χ3n) is 2.10. The molecule has 0 aromatic heterocycles.